The highest BCUT2D eigenvalue weighted by molar-refractivity contribution is 7.92. The lowest BCUT2D eigenvalue weighted by Gasteiger charge is -2.32. The van der Waals surface area contributed by atoms with Crippen molar-refractivity contribution >= 4 is 27.5 Å². The molecule has 2 aromatic rings. The molecule has 2 atom stereocenters. The van der Waals surface area contributed by atoms with Crippen molar-refractivity contribution in [2.45, 2.75) is 59.7 Å². The fourth-order valence-electron chi connectivity index (χ4n) is 3.65. The highest BCUT2D eigenvalue weighted by Gasteiger charge is 2.31. The number of rotatable bonds is 11. The van der Waals surface area contributed by atoms with Crippen LogP contribution in [0.5, 0.6) is 5.75 Å². The van der Waals surface area contributed by atoms with E-state index in [-0.39, 0.29) is 24.2 Å². The number of aryl methyl sites for hydroxylation is 2. The zero-order valence-electron chi connectivity index (χ0n) is 21.7. The minimum absolute atomic E-state index is 0.0510. The summed E-state index contributed by atoms with van der Waals surface area (Å²) in [4.78, 5) is 28.0. The molecular formula is C26H37N3O5S. The third kappa shape index (κ3) is 7.71. The predicted molar refractivity (Wildman–Crippen MR) is 139 cm³/mol. The molecule has 0 saturated carbocycles. The number of amides is 2. The summed E-state index contributed by atoms with van der Waals surface area (Å²) >= 11 is 0. The van der Waals surface area contributed by atoms with E-state index in [1.165, 1.54) is 12.0 Å². The number of nitrogens with one attached hydrogen (secondary N) is 1. The average molecular weight is 504 g/mol. The molecule has 0 bridgehead atoms. The Morgan fingerprint density at radius 3 is 2.29 bits per heavy atom. The summed E-state index contributed by atoms with van der Waals surface area (Å²) in [7, 11) is -2.39. The number of benzene rings is 2. The zero-order chi connectivity index (χ0) is 26.3. The van der Waals surface area contributed by atoms with Crippen molar-refractivity contribution in [3.05, 3.63) is 59.2 Å². The minimum atomic E-state index is -3.84. The van der Waals surface area contributed by atoms with Gasteiger partial charge in [-0.05, 0) is 57.4 Å². The fraction of sp³-hybridized carbons (Fsp3) is 0.462. The molecule has 0 aliphatic heterocycles. The average Bonchev–Trinajstić information content (AvgIpc) is 2.79. The second-order valence-corrected chi connectivity index (χ2v) is 10.9. The highest BCUT2D eigenvalue weighted by atomic mass is 32.2. The molecule has 35 heavy (non-hydrogen) atoms. The minimum Gasteiger partial charge on any atom is -0.495 e. The van der Waals surface area contributed by atoms with E-state index < -0.39 is 28.5 Å². The maximum Gasteiger partial charge on any atom is 0.244 e. The Labute approximate surface area is 209 Å². The van der Waals surface area contributed by atoms with Crippen molar-refractivity contribution in [1.29, 1.82) is 0 Å². The smallest absolute Gasteiger partial charge is 0.244 e. The number of anilines is 1. The first-order chi connectivity index (χ1) is 16.4. The summed E-state index contributed by atoms with van der Waals surface area (Å²) in [6, 6.07) is 11.9. The quantitative estimate of drug-likeness (QED) is 0.507. The van der Waals surface area contributed by atoms with Gasteiger partial charge in [0.2, 0.25) is 21.8 Å². The number of ether oxygens (including phenoxy) is 1. The Morgan fingerprint density at radius 1 is 1.06 bits per heavy atom. The molecule has 0 radical (unpaired) electrons. The SMILES string of the molecule is CCC(C)NC(=O)C(C)N(Cc1cccc(C)c1)C(=O)CN(c1cc(C)ccc1OC)S(C)(=O)=O. The molecule has 0 fully saturated rings. The molecule has 2 rings (SSSR count). The molecule has 0 spiro atoms. The predicted octanol–water partition coefficient (Wildman–Crippen LogP) is 3.41. The van der Waals surface area contributed by atoms with Crippen molar-refractivity contribution in [1.82, 2.24) is 10.2 Å². The summed E-state index contributed by atoms with van der Waals surface area (Å²) in [5.74, 6) is -0.451. The molecule has 2 amide bonds. The van der Waals surface area contributed by atoms with Crippen molar-refractivity contribution < 1.29 is 22.7 Å². The zero-order valence-corrected chi connectivity index (χ0v) is 22.5. The molecule has 9 heteroatoms. The van der Waals surface area contributed by atoms with Crippen molar-refractivity contribution in [3.8, 4) is 5.75 Å². The number of hydrogen-bond acceptors (Lipinski definition) is 5. The number of carbonyl (C=O) groups excluding carboxylic acids is 2. The molecule has 2 aromatic carbocycles. The van der Waals surface area contributed by atoms with Gasteiger partial charge in [-0.25, -0.2) is 8.42 Å². The first-order valence-corrected chi connectivity index (χ1v) is 13.5. The first kappa shape index (κ1) is 28.2. The second kappa shape index (κ2) is 12.1. The van der Waals surface area contributed by atoms with Crippen LogP contribution in [0.1, 0.15) is 43.9 Å². The molecule has 0 heterocycles. The Bertz CT molecular complexity index is 1150. The van der Waals surface area contributed by atoms with Crippen LogP contribution in [0.3, 0.4) is 0 Å². The normalized spacial score (nSPS) is 13.0. The molecule has 0 aromatic heterocycles. The summed E-state index contributed by atoms with van der Waals surface area (Å²) < 4.78 is 32.0. The topological polar surface area (TPSA) is 96.0 Å². The largest absolute Gasteiger partial charge is 0.495 e. The Balaban J connectivity index is 2.46. The van der Waals surface area contributed by atoms with Gasteiger partial charge in [0.1, 0.15) is 18.3 Å². The highest BCUT2D eigenvalue weighted by Crippen LogP contribution is 2.31. The molecular weight excluding hydrogens is 466 g/mol. The number of sulfonamides is 1. The third-order valence-electron chi connectivity index (χ3n) is 5.89. The maximum absolute atomic E-state index is 13.6. The maximum atomic E-state index is 13.6. The van der Waals surface area contributed by atoms with Gasteiger partial charge >= 0.3 is 0 Å². The van der Waals surface area contributed by atoms with Crippen LogP contribution in [0.15, 0.2) is 42.5 Å². The Morgan fingerprint density at radius 2 is 1.71 bits per heavy atom. The number of hydrogen-bond donors (Lipinski definition) is 1. The lowest BCUT2D eigenvalue weighted by atomic mass is 10.1. The standard InChI is InChI=1S/C26H37N3O5S/c1-8-20(4)27-26(31)21(5)28(16-22-11-9-10-18(2)14-22)25(30)17-29(35(7,32)33)23-15-19(3)12-13-24(23)34-6/h9-15,20-21H,8,16-17H2,1-7H3,(H,27,31). The van der Waals surface area contributed by atoms with Gasteiger partial charge in [0.05, 0.1) is 19.1 Å². The van der Waals surface area contributed by atoms with Crippen LogP contribution in [0.4, 0.5) is 5.69 Å². The molecule has 2 unspecified atom stereocenters. The van der Waals surface area contributed by atoms with Crippen LogP contribution in [-0.4, -0.2) is 57.1 Å². The lowest BCUT2D eigenvalue weighted by molar-refractivity contribution is -0.139. The van der Waals surface area contributed by atoms with E-state index in [9.17, 15) is 18.0 Å². The Hall–Kier alpha value is -3.07. The lowest BCUT2D eigenvalue weighted by Crippen LogP contribution is -2.52. The van der Waals surface area contributed by atoms with E-state index in [0.717, 1.165) is 33.7 Å². The van der Waals surface area contributed by atoms with Crippen LogP contribution in [0, 0.1) is 13.8 Å². The Kier molecular flexibility index (Phi) is 9.71. The number of methoxy groups -OCH3 is 1. The number of carbonyl (C=O) groups is 2. The van der Waals surface area contributed by atoms with E-state index in [4.69, 9.17) is 4.74 Å². The van der Waals surface area contributed by atoms with Gasteiger partial charge in [-0.15, -0.1) is 0 Å². The fourth-order valence-corrected chi connectivity index (χ4v) is 4.49. The summed E-state index contributed by atoms with van der Waals surface area (Å²) in [6.07, 6.45) is 1.80. The van der Waals surface area contributed by atoms with Crippen LogP contribution in [0.2, 0.25) is 0 Å². The van der Waals surface area contributed by atoms with E-state index in [1.807, 2.05) is 52.0 Å². The summed E-state index contributed by atoms with van der Waals surface area (Å²) in [6.45, 7) is 8.99. The molecule has 1 N–H and O–H groups in total. The first-order valence-electron chi connectivity index (χ1n) is 11.6. The van der Waals surface area contributed by atoms with E-state index in [0.29, 0.717) is 5.75 Å². The molecule has 0 aliphatic rings. The number of nitrogens with zero attached hydrogens (tertiary/aromatic N) is 2. The van der Waals surface area contributed by atoms with Crippen LogP contribution in [0.25, 0.3) is 0 Å². The van der Waals surface area contributed by atoms with Crippen LogP contribution in [-0.2, 0) is 26.2 Å². The molecule has 0 aliphatic carbocycles. The molecule has 8 nitrogen and oxygen atoms in total. The second-order valence-electron chi connectivity index (χ2n) is 8.95. The van der Waals surface area contributed by atoms with Gasteiger partial charge in [0.25, 0.3) is 0 Å². The van der Waals surface area contributed by atoms with E-state index in [2.05, 4.69) is 5.32 Å². The van der Waals surface area contributed by atoms with Gasteiger partial charge in [-0.2, -0.15) is 0 Å². The molecule has 0 saturated heterocycles. The van der Waals surface area contributed by atoms with Crippen LogP contribution >= 0.6 is 0 Å². The van der Waals surface area contributed by atoms with Crippen molar-refractivity contribution in [3.63, 3.8) is 0 Å². The monoisotopic (exact) mass is 503 g/mol. The summed E-state index contributed by atoms with van der Waals surface area (Å²) in [5, 5.41) is 2.92. The van der Waals surface area contributed by atoms with E-state index in [1.54, 1.807) is 25.1 Å². The van der Waals surface area contributed by atoms with Crippen molar-refractivity contribution in [2.75, 3.05) is 24.2 Å². The van der Waals surface area contributed by atoms with Gasteiger partial charge in [-0.1, -0.05) is 42.8 Å². The van der Waals surface area contributed by atoms with Gasteiger partial charge in [0.15, 0.2) is 0 Å². The summed E-state index contributed by atoms with van der Waals surface area (Å²) in [5.41, 5.74) is 2.96. The van der Waals surface area contributed by atoms with Crippen molar-refractivity contribution in [2.24, 2.45) is 0 Å². The van der Waals surface area contributed by atoms with E-state index >= 15 is 0 Å². The third-order valence-corrected chi connectivity index (χ3v) is 7.01. The molecule has 192 valence electrons. The van der Waals surface area contributed by atoms with Gasteiger partial charge < -0.3 is 15.0 Å². The van der Waals surface area contributed by atoms with Gasteiger partial charge in [0, 0.05) is 12.6 Å². The van der Waals surface area contributed by atoms with Crippen LogP contribution < -0.4 is 14.4 Å². The van der Waals surface area contributed by atoms with Gasteiger partial charge in [-0.3, -0.25) is 13.9 Å².